The fraction of sp³-hybridized carbons (Fsp3) is 0.188. The fourth-order valence-electron chi connectivity index (χ4n) is 2.77. The van der Waals surface area contributed by atoms with Gasteiger partial charge in [0.15, 0.2) is 5.82 Å². The molecular weight excluding hydrogens is 262 g/mol. The molecular formula is C16H15N5. The van der Waals surface area contributed by atoms with Gasteiger partial charge in [-0.1, -0.05) is 6.07 Å². The van der Waals surface area contributed by atoms with Crippen LogP contribution in [0.1, 0.15) is 23.7 Å². The van der Waals surface area contributed by atoms with E-state index in [-0.39, 0.29) is 6.04 Å². The van der Waals surface area contributed by atoms with Crippen LogP contribution in [0.5, 0.6) is 0 Å². The van der Waals surface area contributed by atoms with Gasteiger partial charge < -0.3 is 5.32 Å². The summed E-state index contributed by atoms with van der Waals surface area (Å²) in [6, 6.07) is 10.3. The first kappa shape index (κ1) is 12.1. The van der Waals surface area contributed by atoms with Crippen molar-refractivity contribution < 1.29 is 0 Å². The topological polar surface area (TPSA) is 55.6 Å². The van der Waals surface area contributed by atoms with Crippen molar-refractivity contribution >= 4 is 5.69 Å². The number of fused-ring (bicyclic) bond motifs is 1. The molecule has 1 unspecified atom stereocenters. The molecule has 0 aliphatic heterocycles. The first-order valence-electron chi connectivity index (χ1n) is 7.06. The molecule has 0 radical (unpaired) electrons. The standard InChI is InChI=1S/C16H15N5/c1-3-12-4-6-14(16(12)17-8-1)20-13-5-7-15(18-11-13)21-10-2-9-19-21/h1-3,5,7-11,14,20H,4,6H2. The Bertz CT molecular complexity index is 734. The van der Waals surface area contributed by atoms with E-state index in [0.717, 1.165) is 30.0 Å². The van der Waals surface area contributed by atoms with Gasteiger partial charge in [-0.2, -0.15) is 5.10 Å². The van der Waals surface area contributed by atoms with Gasteiger partial charge in [0.2, 0.25) is 0 Å². The van der Waals surface area contributed by atoms with Crippen molar-refractivity contribution in [1.29, 1.82) is 0 Å². The maximum absolute atomic E-state index is 4.50. The van der Waals surface area contributed by atoms with Gasteiger partial charge in [-0.15, -0.1) is 0 Å². The average Bonchev–Trinajstić information content (AvgIpc) is 3.19. The number of nitrogens with zero attached hydrogens (tertiary/aromatic N) is 4. The zero-order chi connectivity index (χ0) is 14.1. The summed E-state index contributed by atoms with van der Waals surface area (Å²) in [6.45, 7) is 0. The molecule has 5 heteroatoms. The van der Waals surface area contributed by atoms with Crippen LogP contribution in [0, 0.1) is 0 Å². The number of hydrogen-bond acceptors (Lipinski definition) is 4. The zero-order valence-electron chi connectivity index (χ0n) is 11.5. The largest absolute Gasteiger partial charge is 0.375 e. The van der Waals surface area contributed by atoms with Crippen molar-refractivity contribution in [3.05, 3.63) is 66.4 Å². The summed E-state index contributed by atoms with van der Waals surface area (Å²) in [5.74, 6) is 0.815. The van der Waals surface area contributed by atoms with E-state index in [1.807, 2.05) is 42.9 Å². The molecule has 0 amide bonds. The van der Waals surface area contributed by atoms with Crippen molar-refractivity contribution in [1.82, 2.24) is 19.7 Å². The SMILES string of the molecule is c1cnc2c(c1)CCC2Nc1ccc(-n2cccn2)nc1. The molecule has 0 bridgehead atoms. The lowest BCUT2D eigenvalue weighted by atomic mass is 10.2. The second-order valence-electron chi connectivity index (χ2n) is 5.14. The summed E-state index contributed by atoms with van der Waals surface area (Å²) in [7, 11) is 0. The minimum Gasteiger partial charge on any atom is -0.375 e. The fourth-order valence-corrected chi connectivity index (χ4v) is 2.77. The highest BCUT2D eigenvalue weighted by atomic mass is 15.3. The first-order valence-corrected chi connectivity index (χ1v) is 7.06. The normalized spacial score (nSPS) is 16.7. The van der Waals surface area contributed by atoms with E-state index < -0.39 is 0 Å². The van der Waals surface area contributed by atoms with Gasteiger partial charge in [-0.3, -0.25) is 4.98 Å². The van der Waals surface area contributed by atoms with E-state index in [1.54, 1.807) is 10.9 Å². The smallest absolute Gasteiger partial charge is 0.153 e. The lowest BCUT2D eigenvalue weighted by Crippen LogP contribution is -2.09. The number of hydrogen-bond donors (Lipinski definition) is 1. The number of pyridine rings is 2. The van der Waals surface area contributed by atoms with E-state index in [4.69, 9.17) is 0 Å². The van der Waals surface area contributed by atoms with Crippen molar-refractivity contribution in [2.45, 2.75) is 18.9 Å². The van der Waals surface area contributed by atoms with Crippen LogP contribution in [0.15, 0.2) is 55.1 Å². The number of anilines is 1. The highest BCUT2D eigenvalue weighted by molar-refractivity contribution is 5.47. The summed E-state index contributed by atoms with van der Waals surface area (Å²) in [4.78, 5) is 8.93. The average molecular weight is 277 g/mol. The Kier molecular flexibility index (Phi) is 2.88. The Morgan fingerprint density at radius 1 is 1.10 bits per heavy atom. The number of aryl methyl sites for hydroxylation is 1. The minimum atomic E-state index is 0.276. The van der Waals surface area contributed by atoms with E-state index in [2.05, 4.69) is 26.4 Å². The second-order valence-corrected chi connectivity index (χ2v) is 5.14. The third-order valence-corrected chi connectivity index (χ3v) is 3.79. The highest BCUT2D eigenvalue weighted by Gasteiger charge is 2.23. The van der Waals surface area contributed by atoms with Gasteiger partial charge >= 0.3 is 0 Å². The molecule has 0 spiro atoms. The van der Waals surface area contributed by atoms with Crippen LogP contribution in [0.3, 0.4) is 0 Å². The van der Waals surface area contributed by atoms with E-state index in [9.17, 15) is 0 Å². The molecule has 21 heavy (non-hydrogen) atoms. The Labute approximate surface area is 122 Å². The summed E-state index contributed by atoms with van der Waals surface area (Å²) in [5.41, 5.74) is 3.51. The molecule has 5 nitrogen and oxygen atoms in total. The molecule has 0 aromatic carbocycles. The summed E-state index contributed by atoms with van der Waals surface area (Å²) < 4.78 is 1.75. The lowest BCUT2D eigenvalue weighted by Gasteiger charge is -2.14. The molecule has 4 rings (SSSR count). The predicted molar refractivity (Wildman–Crippen MR) is 80.3 cm³/mol. The lowest BCUT2D eigenvalue weighted by molar-refractivity contribution is 0.744. The molecule has 0 saturated heterocycles. The number of rotatable bonds is 3. The van der Waals surface area contributed by atoms with Crippen LogP contribution in [0.25, 0.3) is 5.82 Å². The van der Waals surface area contributed by atoms with Crippen molar-refractivity contribution in [3.63, 3.8) is 0 Å². The summed E-state index contributed by atoms with van der Waals surface area (Å²) in [5, 5.41) is 7.69. The van der Waals surface area contributed by atoms with Crippen LogP contribution in [-0.4, -0.2) is 19.7 Å². The molecule has 1 aliphatic carbocycles. The molecule has 0 saturated carbocycles. The van der Waals surface area contributed by atoms with Gasteiger partial charge in [0.1, 0.15) is 0 Å². The van der Waals surface area contributed by atoms with Gasteiger partial charge in [0, 0.05) is 18.6 Å². The van der Waals surface area contributed by atoms with Crippen molar-refractivity contribution in [3.8, 4) is 5.82 Å². The van der Waals surface area contributed by atoms with Gasteiger partial charge in [-0.25, -0.2) is 9.67 Å². The maximum Gasteiger partial charge on any atom is 0.153 e. The minimum absolute atomic E-state index is 0.276. The monoisotopic (exact) mass is 277 g/mol. The Balaban J connectivity index is 1.53. The van der Waals surface area contributed by atoms with E-state index in [1.165, 1.54) is 5.56 Å². The zero-order valence-corrected chi connectivity index (χ0v) is 11.5. The molecule has 0 fully saturated rings. The maximum atomic E-state index is 4.50. The van der Waals surface area contributed by atoms with Gasteiger partial charge in [0.25, 0.3) is 0 Å². The van der Waals surface area contributed by atoms with E-state index >= 15 is 0 Å². The molecule has 1 atom stereocenters. The quantitative estimate of drug-likeness (QED) is 0.799. The second kappa shape index (κ2) is 5.01. The third kappa shape index (κ3) is 2.27. The third-order valence-electron chi connectivity index (χ3n) is 3.79. The van der Waals surface area contributed by atoms with Crippen molar-refractivity contribution in [2.75, 3.05) is 5.32 Å². The molecule has 3 heterocycles. The van der Waals surface area contributed by atoms with Crippen LogP contribution < -0.4 is 5.32 Å². The number of aromatic nitrogens is 4. The highest BCUT2D eigenvalue weighted by Crippen LogP contribution is 2.31. The van der Waals surface area contributed by atoms with Crippen molar-refractivity contribution in [2.24, 2.45) is 0 Å². The first-order chi connectivity index (χ1) is 10.4. The Morgan fingerprint density at radius 3 is 2.90 bits per heavy atom. The van der Waals surface area contributed by atoms with Crippen LogP contribution in [0.2, 0.25) is 0 Å². The Morgan fingerprint density at radius 2 is 2.10 bits per heavy atom. The molecule has 1 aliphatic rings. The van der Waals surface area contributed by atoms with Crippen LogP contribution in [-0.2, 0) is 6.42 Å². The van der Waals surface area contributed by atoms with Crippen LogP contribution >= 0.6 is 0 Å². The molecule has 104 valence electrons. The van der Waals surface area contributed by atoms with E-state index in [0.29, 0.717) is 0 Å². The molecule has 3 aromatic heterocycles. The molecule has 1 N–H and O–H groups in total. The van der Waals surface area contributed by atoms with Crippen LogP contribution in [0.4, 0.5) is 5.69 Å². The molecule has 3 aromatic rings. The Hall–Kier alpha value is -2.69. The number of nitrogens with one attached hydrogen (secondary N) is 1. The predicted octanol–water partition coefficient (Wildman–Crippen LogP) is 2.76. The van der Waals surface area contributed by atoms with Gasteiger partial charge in [-0.05, 0) is 42.7 Å². The van der Waals surface area contributed by atoms with Gasteiger partial charge in [0.05, 0.1) is 23.6 Å². The summed E-state index contributed by atoms with van der Waals surface area (Å²) >= 11 is 0. The summed E-state index contributed by atoms with van der Waals surface area (Å²) in [6.07, 6.45) is 9.49.